The van der Waals surface area contributed by atoms with E-state index in [0.29, 0.717) is 37.5 Å². The molecule has 0 bridgehead atoms. The predicted octanol–water partition coefficient (Wildman–Crippen LogP) is 5.76. The van der Waals surface area contributed by atoms with Crippen molar-refractivity contribution >= 4 is 17.4 Å². The lowest BCUT2D eigenvalue weighted by atomic mass is 10.00. The minimum atomic E-state index is -4.44. The summed E-state index contributed by atoms with van der Waals surface area (Å²) in [6, 6.07) is 10.3. The summed E-state index contributed by atoms with van der Waals surface area (Å²) in [5.41, 5.74) is 3.67. The number of hydrogen-bond acceptors (Lipinski definition) is 5. The van der Waals surface area contributed by atoms with Gasteiger partial charge in [0.2, 0.25) is 0 Å². The maximum absolute atomic E-state index is 13.8. The fourth-order valence-corrected chi connectivity index (χ4v) is 4.34. The molecule has 2 aromatic carbocycles. The quantitative estimate of drug-likeness (QED) is 0.231. The van der Waals surface area contributed by atoms with Gasteiger partial charge in [-0.25, -0.2) is 0 Å². The van der Waals surface area contributed by atoms with Crippen molar-refractivity contribution in [3.63, 3.8) is 0 Å². The highest BCUT2D eigenvalue weighted by molar-refractivity contribution is 5.98. The molecule has 0 radical (unpaired) electrons. The van der Waals surface area contributed by atoms with Gasteiger partial charge in [0.25, 0.3) is 0 Å². The van der Waals surface area contributed by atoms with Crippen molar-refractivity contribution in [2.75, 3.05) is 24.5 Å². The molecule has 6 nitrogen and oxygen atoms in total. The average molecular weight is 506 g/mol. The fourth-order valence-electron chi connectivity index (χ4n) is 4.34. The molecule has 9 heteroatoms. The van der Waals surface area contributed by atoms with Gasteiger partial charge in [0.05, 0.1) is 17.7 Å². The van der Waals surface area contributed by atoms with Gasteiger partial charge in [-0.05, 0) is 73.1 Å². The number of rotatable bonds is 11. The van der Waals surface area contributed by atoms with E-state index in [9.17, 15) is 18.0 Å². The van der Waals surface area contributed by atoms with E-state index in [2.05, 4.69) is 10.5 Å². The summed E-state index contributed by atoms with van der Waals surface area (Å²) in [5.74, 6) is -0.840. The molecule has 1 heterocycles. The second kappa shape index (κ2) is 12.8. The Morgan fingerprint density at radius 3 is 2.53 bits per heavy atom. The number of nitrogens with one attached hydrogen (secondary N) is 1. The van der Waals surface area contributed by atoms with Crippen molar-refractivity contribution in [2.24, 2.45) is 5.16 Å². The van der Waals surface area contributed by atoms with Crippen LogP contribution in [0.4, 0.5) is 18.9 Å². The fraction of sp³-hybridized carbons (Fsp3) is 0.481. The number of benzene rings is 2. The molecule has 2 N–H and O–H groups in total. The molecule has 1 aliphatic heterocycles. The number of oxime groups is 1. The molecular formula is C27H34F3N3O3. The summed E-state index contributed by atoms with van der Waals surface area (Å²) in [5, 5.41) is 16.0. The van der Waals surface area contributed by atoms with E-state index in [-0.39, 0.29) is 18.7 Å². The zero-order valence-electron chi connectivity index (χ0n) is 20.8. The number of carbonyl (C=O) groups is 1. The number of carboxylic acids is 1. The zero-order valence-corrected chi connectivity index (χ0v) is 20.8. The van der Waals surface area contributed by atoms with Gasteiger partial charge >= 0.3 is 12.1 Å². The van der Waals surface area contributed by atoms with Crippen LogP contribution in [0.3, 0.4) is 0 Å². The van der Waals surface area contributed by atoms with Gasteiger partial charge in [-0.1, -0.05) is 30.3 Å². The van der Waals surface area contributed by atoms with Crippen molar-refractivity contribution in [3.8, 4) is 0 Å². The Morgan fingerprint density at radius 1 is 1.11 bits per heavy atom. The lowest BCUT2D eigenvalue weighted by Crippen LogP contribution is -2.31. The monoisotopic (exact) mass is 505 g/mol. The summed E-state index contributed by atoms with van der Waals surface area (Å²) < 4.78 is 41.3. The van der Waals surface area contributed by atoms with Gasteiger partial charge in [-0.15, -0.1) is 0 Å². The van der Waals surface area contributed by atoms with Gasteiger partial charge in [0.15, 0.2) is 0 Å². The third kappa shape index (κ3) is 7.71. The van der Waals surface area contributed by atoms with E-state index in [1.54, 1.807) is 19.1 Å². The standard InChI is InChI=1S/C27H34F3N3O3/c1-3-21-16-22(8-9-23(21)17-31-12-11-26(34)35)19(2)32-36-18-20-7-10-25(24(15-20)27(28,29)30)33-13-5-4-6-14-33/h7-10,15-16,31H,3-6,11-14,17-18H2,1-2H3,(H,34,35)/b32-19-. The first-order chi connectivity index (χ1) is 17.2. The first-order valence-corrected chi connectivity index (χ1v) is 12.4. The number of alkyl halides is 3. The van der Waals surface area contributed by atoms with Crippen LogP contribution in [0, 0.1) is 0 Å². The van der Waals surface area contributed by atoms with E-state index in [1.807, 2.05) is 30.0 Å². The van der Waals surface area contributed by atoms with Crippen molar-refractivity contribution in [3.05, 3.63) is 64.2 Å². The molecule has 3 rings (SSSR count). The molecule has 0 amide bonds. The number of aryl methyl sites for hydroxylation is 1. The van der Waals surface area contributed by atoms with E-state index >= 15 is 0 Å². The number of carboxylic acid groups (broad SMARTS) is 1. The number of hydrogen-bond donors (Lipinski definition) is 2. The van der Waals surface area contributed by atoms with Crippen LogP contribution in [-0.4, -0.2) is 36.4 Å². The molecule has 1 saturated heterocycles. The first kappa shape index (κ1) is 27.5. The van der Waals surface area contributed by atoms with Crippen LogP contribution in [-0.2, 0) is 35.4 Å². The maximum Gasteiger partial charge on any atom is 0.418 e. The Balaban J connectivity index is 1.66. The van der Waals surface area contributed by atoms with Gasteiger partial charge in [-0.2, -0.15) is 13.2 Å². The van der Waals surface area contributed by atoms with Crippen molar-refractivity contribution in [1.29, 1.82) is 0 Å². The van der Waals surface area contributed by atoms with E-state index in [0.717, 1.165) is 48.4 Å². The average Bonchev–Trinajstić information content (AvgIpc) is 2.86. The molecule has 0 saturated carbocycles. The van der Waals surface area contributed by atoms with Gasteiger partial charge < -0.3 is 20.2 Å². The largest absolute Gasteiger partial charge is 0.481 e. The van der Waals surface area contributed by atoms with Gasteiger partial charge in [0, 0.05) is 31.9 Å². The number of halogens is 3. The lowest BCUT2D eigenvalue weighted by Gasteiger charge is -2.31. The van der Waals surface area contributed by atoms with Crippen molar-refractivity contribution in [2.45, 2.75) is 65.3 Å². The summed E-state index contributed by atoms with van der Waals surface area (Å²) >= 11 is 0. The number of nitrogens with zero attached hydrogens (tertiary/aromatic N) is 2. The summed E-state index contributed by atoms with van der Waals surface area (Å²) in [6.45, 7) is 6.00. The molecule has 0 spiro atoms. The minimum absolute atomic E-state index is 0.0626. The molecule has 36 heavy (non-hydrogen) atoms. The van der Waals surface area contributed by atoms with Crippen LogP contribution in [0.25, 0.3) is 0 Å². The SMILES string of the molecule is CCc1cc(/C(C)=N\OCc2ccc(N3CCCCC3)c(C(F)(F)F)c2)ccc1CNCCC(=O)O. The van der Waals surface area contributed by atoms with E-state index in [4.69, 9.17) is 9.94 Å². The van der Waals surface area contributed by atoms with Gasteiger partial charge in [0.1, 0.15) is 6.61 Å². The normalized spacial score (nSPS) is 14.7. The van der Waals surface area contributed by atoms with E-state index in [1.165, 1.54) is 0 Å². The third-order valence-electron chi connectivity index (χ3n) is 6.33. The van der Waals surface area contributed by atoms with Crippen LogP contribution in [0.15, 0.2) is 41.6 Å². The van der Waals surface area contributed by atoms with Crippen LogP contribution in [0.2, 0.25) is 0 Å². The summed E-state index contributed by atoms with van der Waals surface area (Å²) in [7, 11) is 0. The molecule has 0 aliphatic carbocycles. The Bertz CT molecular complexity index is 1060. The predicted molar refractivity (Wildman–Crippen MR) is 134 cm³/mol. The molecule has 0 aromatic heterocycles. The topological polar surface area (TPSA) is 74.2 Å². The van der Waals surface area contributed by atoms with Crippen LogP contribution >= 0.6 is 0 Å². The smallest absolute Gasteiger partial charge is 0.418 e. The molecule has 1 aliphatic rings. The van der Waals surface area contributed by atoms with Crippen LogP contribution in [0.1, 0.15) is 67.3 Å². The molecular weight excluding hydrogens is 471 g/mol. The first-order valence-electron chi connectivity index (χ1n) is 12.4. The Morgan fingerprint density at radius 2 is 1.86 bits per heavy atom. The second-order valence-electron chi connectivity index (χ2n) is 9.00. The third-order valence-corrected chi connectivity index (χ3v) is 6.33. The maximum atomic E-state index is 13.8. The molecule has 1 fully saturated rings. The van der Waals surface area contributed by atoms with Crippen molar-refractivity contribution in [1.82, 2.24) is 5.32 Å². The van der Waals surface area contributed by atoms with Gasteiger partial charge in [-0.3, -0.25) is 4.79 Å². The zero-order chi connectivity index (χ0) is 26.1. The highest BCUT2D eigenvalue weighted by Crippen LogP contribution is 2.38. The Hall–Kier alpha value is -3.07. The summed E-state index contributed by atoms with van der Waals surface area (Å²) in [6.07, 6.45) is -0.734. The minimum Gasteiger partial charge on any atom is -0.481 e. The number of piperidine rings is 1. The van der Waals surface area contributed by atoms with Crippen LogP contribution < -0.4 is 10.2 Å². The molecule has 196 valence electrons. The highest BCUT2D eigenvalue weighted by Gasteiger charge is 2.35. The second-order valence-corrected chi connectivity index (χ2v) is 9.00. The van der Waals surface area contributed by atoms with Crippen molar-refractivity contribution < 1.29 is 27.9 Å². The van der Waals surface area contributed by atoms with E-state index < -0.39 is 17.7 Å². The van der Waals surface area contributed by atoms with Crippen LogP contribution in [0.5, 0.6) is 0 Å². The molecule has 0 unspecified atom stereocenters. The number of anilines is 1. The lowest BCUT2D eigenvalue weighted by molar-refractivity contribution is -0.138. The Labute approximate surface area is 210 Å². The molecule has 2 aromatic rings. The number of aliphatic carboxylic acids is 1. The highest BCUT2D eigenvalue weighted by atomic mass is 19.4. The molecule has 0 atom stereocenters. The Kier molecular flexibility index (Phi) is 9.75. The summed E-state index contributed by atoms with van der Waals surface area (Å²) in [4.78, 5) is 17.9.